The number of carbonyl (C=O) groups is 1. The molecule has 1 rings (SSSR count). The second-order valence-electron chi connectivity index (χ2n) is 3.66. The summed E-state index contributed by atoms with van der Waals surface area (Å²) in [5.41, 5.74) is 6.20. The molecule has 0 radical (unpaired) electrons. The van der Waals surface area contributed by atoms with Gasteiger partial charge in [0, 0.05) is 13.0 Å². The zero-order chi connectivity index (χ0) is 12.2. The molecule has 3 heteroatoms. The molecule has 1 aromatic rings. The van der Waals surface area contributed by atoms with Crippen LogP contribution in [0.1, 0.15) is 31.2 Å². The lowest BCUT2D eigenvalue weighted by Gasteiger charge is -1.93. The summed E-state index contributed by atoms with van der Waals surface area (Å²) >= 11 is 0. The summed E-state index contributed by atoms with van der Waals surface area (Å²) in [5.74, 6) is -0.257. The Morgan fingerprint density at radius 3 is 2.19 bits per heavy atom. The number of hydrogen-bond acceptors (Lipinski definition) is 2. The van der Waals surface area contributed by atoms with E-state index in [4.69, 9.17) is 10.8 Å². The molecule has 0 atom stereocenters. The Bertz CT molecular complexity index is 273. The topological polar surface area (TPSA) is 63.3 Å². The summed E-state index contributed by atoms with van der Waals surface area (Å²) in [6.45, 7) is 2.29. The first-order chi connectivity index (χ1) is 7.66. The van der Waals surface area contributed by atoms with Gasteiger partial charge in [0.25, 0.3) is 0 Å². The summed E-state index contributed by atoms with van der Waals surface area (Å²) in [6, 6.07) is 10.3. The minimum atomic E-state index is -0.257. The van der Waals surface area contributed by atoms with Crippen LogP contribution in [0.2, 0.25) is 0 Å². The molecule has 3 N–H and O–H groups in total. The number of rotatable bonds is 5. The van der Waals surface area contributed by atoms with Crippen LogP contribution < -0.4 is 5.73 Å². The van der Waals surface area contributed by atoms with E-state index >= 15 is 0 Å². The maximum absolute atomic E-state index is 10.1. The second-order valence-corrected chi connectivity index (χ2v) is 3.66. The first-order valence-electron chi connectivity index (χ1n) is 5.57. The number of unbranched alkanes of at least 4 members (excludes halogenated alkanes) is 2. The van der Waals surface area contributed by atoms with Crippen molar-refractivity contribution in [1.82, 2.24) is 0 Å². The average molecular weight is 223 g/mol. The molecule has 1 aromatic carbocycles. The van der Waals surface area contributed by atoms with Crippen molar-refractivity contribution >= 4 is 5.91 Å². The maximum Gasteiger partial charge on any atom is 0.217 e. The van der Waals surface area contributed by atoms with Crippen LogP contribution in [-0.2, 0) is 4.79 Å². The van der Waals surface area contributed by atoms with Crippen LogP contribution in [0.15, 0.2) is 30.3 Å². The van der Waals surface area contributed by atoms with Crippen molar-refractivity contribution in [3.05, 3.63) is 35.9 Å². The van der Waals surface area contributed by atoms with Gasteiger partial charge in [-0.3, -0.25) is 4.79 Å². The Labute approximate surface area is 97.3 Å². The molecule has 90 valence electrons. The predicted molar refractivity (Wildman–Crippen MR) is 65.9 cm³/mol. The van der Waals surface area contributed by atoms with E-state index in [1.165, 1.54) is 5.56 Å². The monoisotopic (exact) mass is 223 g/mol. The third kappa shape index (κ3) is 10.7. The van der Waals surface area contributed by atoms with E-state index in [-0.39, 0.29) is 12.5 Å². The van der Waals surface area contributed by atoms with Crippen LogP contribution in [0.3, 0.4) is 0 Å². The fourth-order valence-electron chi connectivity index (χ4n) is 1.12. The largest absolute Gasteiger partial charge is 0.396 e. The highest BCUT2D eigenvalue weighted by molar-refractivity contribution is 5.73. The molecule has 0 aromatic heterocycles. The van der Waals surface area contributed by atoms with Gasteiger partial charge in [-0.05, 0) is 19.8 Å². The average Bonchev–Trinajstić information content (AvgIpc) is 2.26. The summed E-state index contributed by atoms with van der Waals surface area (Å²) < 4.78 is 0. The zero-order valence-electron chi connectivity index (χ0n) is 9.86. The van der Waals surface area contributed by atoms with Gasteiger partial charge in [-0.15, -0.1) is 0 Å². The smallest absolute Gasteiger partial charge is 0.217 e. The highest BCUT2D eigenvalue weighted by Gasteiger charge is 1.92. The van der Waals surface area contributed by atoms with Crippen molar-refractivity contribution in [2.75, 3.05) is 6.61 Å². The minimum Gasteiger partial charge on any atom is -0.396 e. The lowest BCUT2D eigenvalue weighted by atomic mass is 10.2. The Kier molecular flexibility index (Phi) is 9.32. The van der Waals surface area contributed by atoms with Crippen LogP contribution in [0.25, 0.3) is 0 Å². The van der Waals surface area contributed by atoms with Crippen LogP contribution in [0.5, 0.6) is 0 Å². The van der Waals surface area contributed by atoms with E-state index in [1.807, 2.05) is 18.2 Å². The quantitative estimate of drug-likeness (QED) is 0.750. The molecule has 1 amide bonds. The molecule has 0 fully saturated rings. The standard InChI is InChI=1S/C7H8.C6H13NO2/c1-7-5-3-2-4-6-7;7-6(9)4-2-1-3-5-8/h2-6H,1H3;8H,1-5H2,(H2,7,9). The molecule has 0 aliphatic heterocycles. The van der Waals surface area contributed by atoms with Crippen LogP contribution in [0, 0.1) is 6.92 Å². The first-order valence-corrected chi connectivity index (χ1v) is 5.57. The molecular formula is C13H21NO2. The number of benzene rings is 1. The molecule has 3 nitrogen and oxygen atoms in total. The molecular weight excluding hydrogens is 202 g/mol. The van der Waals surface area contributed by atoms with Gasteiger partial charge in [-0.2, -0.15) is 0 Å². The van der Waals surface area contributed by atoms with Gasteiger partial charge in [0.2, 0.25) is 5.91 Å². The van der Waals surface area contributed by atoms with E-state index in [9.17, 15) is 4.79 Å². The Hall–Kier alpha value is -1.35. The number of aliphatic hydroxyl groups excluding tert-OH is 1. The molecule has 0 bridgehead atoms. The number of hydrogen-bond donors (Lipinski definition) is 2. The van der Waals surface area contributed by atoms with Gasteiger partial charge in [0.05, 0.1) is 0 Å². The van der Waals surface area contributed by atoms with Crippen molar-refractivity contribution in [2.45, 2.75) is 32.6 Å². The molecule has 0 aliphatic carbocycles. The van der Waals surface area contributed by atoms with E-state index in [0.717, 1.165) is 19.3 Å². The molecule has 0 unspecified atom stereocenters. The van der Waals surface area contributed by atoms with Gasteiger partial charge in [0.15, 0.2) is 0 Å². The van der Waals surface area contributed by atoms with Crippen molar-refractivity contribution in [1.29, 1.82) is 0 Å². The van der Waals surface area contributed by atoms with E-state index in [1.54, 1.807) is 0 Å². The van der Waals surface area contributed by atoms with E-state index in [0.29, 0.717) is 6.42 Å². The van der Waals surface area contributed by atoms with Crippen molar-refractivity contribution in [3.8, 4) is 0 Å². The first kappa shape index (κ1) is 14.6. The molecule has 0 saturated carbocycles. The molecule has 0 heterocycles. The third-order valence-corrected chi connectivity index (χ3v) is 2.02. The van der Waals surface area contributed by atoms with E-state index < -0.39 is 0 Å². The van der Waals surface area contributed by atoms with Gasteiger partial charge >= 0.3 is 0 Å². The summed E-state index contributed by atoms with van der Waals surface area (Å²) in [4.78, 5) is 10.1. The Morgan fingerprint density at radius 1 is 1.19 bits per heavy atom. The van der Waals surface area contributed by atoms with Gasteiger partial charge in [-0.25, -0.2) is 0 Å². The van der Waals surface area contributed by atoms with Gasteiger partial charge < -0.3 is 10.8 Å². The minimum absolute atomic E-state index is 0.207. The Morgan fingerprint density at radius 2 is 1.81 bits per heavy atom. The fraction of sp³-hybridized carbons (Fsp3) is 0.462. The van der Waals surface area contributed by atoms with Crippen LogP contribution in [-0.4, -0.2) is 17.6 Å². The van der Waals surface area contributed by atoms with Crippen molar-refractivity contribution < 1.29 is 9.90 Å². The van der Waals surface area contributed by atoms with Crippen molar-refractivity contribution in [3.63, 3.8) is 0 Å². The maximum atomic E-state index is 10.1. The molecule has 16 heavy (non-hydrogen) atoms. The number of aliphatic hydroxyl groups is 1. The third-order valence-electron chi connectivity index (χ3n) is 2.02. The van der Waals surface area contributed by atoms with Gasteiger partial charge in [-0.1, -0.05) is 42.3 Å². The summed E-state index contributed by atoms with van der Waals surface area (Å²) in [7, 11) is 0. The van der Waals surface area contributed by atoms with Crippen molar-refractivity contribution in [2.24, 2.45) is 5.73 Å². The SMILES string of the molecule is Cc1ccccc1.NC(=O)CCCCCO. The van der Waals surface area contributed by atoms with Gasteiger partial charge in [0.1, 0.15) is 0 Å². The predicted octanol–water partition coefficient (Wildman–Crippen LogP) is 2.02. The second kappa shape index (κ2) is 10.2. The summed E-state index contributed by atoms with van der Waals surface area (Å²) in [5, 5.41) is 8.32. The summed E-state index contributed by atoms with van der Waals surface area (Å²) in [6.07, 6.45) is 2.91. The Balaban J connectivity index is 0.000000288. The van der Waals surface area contributed by atoms with Crippen LogP contribution in [0.4, 0.5) is 0 Å². The van der Waals surface area contributed by atoms with E-state index in [2.05, 4.69) is 19.1 Å². The molecule has 0 spiro atoms. The molecule has 0 aliphatic rings. The fourth-order valence-corrected chi connectivity index (χ4v) is 1.12. The lowest BCUT2D eigenvalue weighted by molar-refractivity contribution is -0.118. The molecule has 0 saturated heterocycles. The number of primary amides is 1. The van der Waals surface area contributed by atoms with Crippen LogP contribution >= 0.6 is 0 Å². The number of amides is 1. The number of nitrogens with two attached hydrogens (primary N) is 1. The highest BCUT2D eigenvalue weighted by Crippen LogP contribution is 1.97. The highest BCUT2D eigenvalue weighted by atomic mass is 16.2. The number of aryl methyl sites for hydroxylation is 1. The normalized spacial score (nSPS) is 9.12. The zero-order valence-corrected chi connectivity index (χ0v) is 9.86. The lowest BCUT2D eigenvalue weighted by Crippen LogP contribution is -2.09. The number of carbonyl (C=O) groups excluding carboxylic acids is 1.